The maximum atomic E-state index is 11.0. The van der Waals surface area contributed by atoms with Crippen LogP contribution in [0.25, 0.3) is 11.7 Å². The van der Waals surface area contributed by atoms with Crippen LogP contribution in [0.15, 0.2) is 25.6 Å². The number of rotatable bonds is 3. The van der Waals surface area contributed by atoms with E-state index >= 15 is 0 Å². The van der Waals surface area contributed by atoms with Gasteiger partial charge >= 0.3 is 5.97 Å². The summed E-state index contributed by atoms with van der Waals surface area (Å²) in [4.78, 5) is 15.2. The maximum Gasteiger partial charge on any atom is 0.373 e. The van der Waals surface area contributed by atoms with E-state index in [0.717, 1.165) is 0 Å². The molecule has 0 atom stereocenters. The molecule has 0 unspecified atom stereocenters. The molecular formula is C11H10BrNO4. The van der Waals surface area contributed by atoms with Gasteiger partial charge in [-0.15, -0.1) is 0 Å². The Kier molecular flexibility index (Phi) is 3.06. The van der Waals surface area contributed by atoms with Gasteiger partial charge in [0.2, 0.25) is 5.76 Å². The number of carbonyl (C=O) groups is 1. The molecule has 2 aromatic rings. The number of nitrogens with zero attached hydrogens (tertiary/aromatic N) is 1. The maximum absolute atomic E-state index is 11.0. The molecule has 90 valence electrons. The molecule has 0 aromatic carbocycles. The lowest BCUT2D eigenvalue weighted by Crippen LogP contribution is -2.01. The number of aromatic carboxylic acids is 1. The van der Waals surface area contributed by atoms with Crippen LogP contribution in [0.5, 0.6) is 0 Å². The fraction of sp³-hybridized carbons (Fsp3) is 0.273. The van der Waals surface area contributed by atoms with Crippen LogP contribution in [0, 0.1) is 0 Å². The van der Waals surface area contributed by atoms with Gasteiger partial charge in [0.25, 0.3) is 5.89 Å². The summed E-state index contributed by atoms with van der Waals surface area (Å²) in [6, 6.07) is 3.35. The van der Waals surface area contributed by atoms with E-state index in [1.807, 2.05) is 13.8 Å². The van der Waals surface area contributed by atoms with Gasteiger partial charge in [-0.1, -0.05) is 13.8 Å². The van der Waals surface area contributed by atoms with Crippen molar-refractivity contribution >= 4 is 21.9 Å². The van der Waals surface area contributed by atoms with Crippen molar-refractivity contribution in [1.82, 2.24) is 4.98 Å². The third kappa shape index (κ3) is 2.26. The summed E-state index contributed by atoms with van der Waals surface area (Å²) in [6.07, 6.45) is 0. The van der Waals surface area contributed by atoms with E-state index in [-0.39, 0.29) is 17.6 Å². The number of halogens is 1. The first-order chi connectivity index (χ1) is 7.99. The molecule has 0 saturated carbocycles. The molecular weight excluding hydrogens is 290 g/mol. The molecule has 0 aliphatic rings. The average Bonchev–Trinajstić information content (AvgIpc) is 2.82. The molecule has 17 heavy (non-hydrogen) atoms. The summed E-state index contributed by atoms with van der Waals surface area (Å²) < 4.78 is 11.0. The lowest BCUT2D eigenvalue weighted by Gasteiger charge is -1.98. The molecule has 0 spiro atoms. The van der Waals surface area contributed by atoms with E-state index in [1.54, 1.807) is 12.1 Å². The average molecular weight is 300 g/mol. The second-order valence-corrected chi connectivity index (χ2v) is 4.58. The van der Waals surface area contributed by atoms with Crippen molar-refractivity contribution < 1.29 is 18.7 Å². The smallest absolute Gasteiger partial charge is 0.373 e. The van der Waals surface area contributed by atoms with Gasteiger partial charge in [0.15, 0.2) is 10.4 Å². The Balaban J connectivity index is 2.50. The van der Waals surface area contributed by atoms with Gasteiger partial charge in [-0.05, 0) is 34.0 Å². The van der Waals surface area contributed by atoms with E-state index in [4.69, 9.17) is 13.9 Å². The second-order valence-electron chi connectivity index (χ2n) is 3.80. The highest BCUT2D eigenvalue weighted by Gasteiger charge is 2.23. The highest BCUT2D eigenvalue weighted by Crippen LogP contribution is 2.29. The highest BCUT2D eigenvalue weighted by atomic mass is 79.9. The molecule has 0 radical (unpaired) electrons. The summed E-state index contributed by atoms with van der Waals surface area (Å²) in [5, 5.41) is 9.01. The lowest BCUT2D eigenvalue weighted by molar-refractivity contribution is 0.0661. The van der Waals surface area contributed by atoms with Crippen molar-refractivity contribution in [1.29, 1.82) is 0 Å². The first-order valence-corrected chi connectivity index (χ1v) is 5.78. The number of hydrogen-bond donors (Lipinski definition) is 1. The molecule has 0 saturated heterocycles. The van der Waals surface area contributed by atoms with Crippen LogP contribution in [0.4, 0.5) is 0 Å². The first kappa shape index (κ1) is 11.9. The highest BCUT2D eigenvalue weighted by molar-refractivity contribution is 9.10. The molecule has 0 aliphatic heterocycles. The van der Waals surface area contributed by atoms with Crippen molar-refractivity contribution in [3.63, 3.8) is 0 Å². The van der Waals surface area contributed by atoms with Crippen molar-refractivity contribution in [3.8, 4) is 11.7 Å². The number of carboxylic acid groups (broad SMARTS) is 1. The molecule has 0 bridgehead atoms. The summed E-state index contributed by atoms with van der Waals surface area (Å²) >= 11 is 3.16. The van der Waals surface area contributed by atoms with E-state index in [1.165, 1.54) is 0 Å². The van der Waals surface area contributed by atoms with Crippen LogP contribution in [-0.4, -0.2) is 16.1 Å². The molecule has 2 rings (SSSR count). The number of furan rings is 1. The van der Waals surface area contributed by atoms with Gasteiger partial charge in [-0.2, -0.15) is 0 Å². The summed E-state index contributed by atoms with van der Waals surface area (Å²) in [7, 11) is 0. The Hall–Kier alpha value is -1.56. The third-order valence-electron chi connectivity index (χ3n) is 2.18. The van der Waals surface area contributed by atoms with E-state index in [9.17, 15) is 4.79 Å². The monoisotopic (exact) mass is 299 g/mol. The van der Waals surface area contributed by atoms with Crippen LogP contribution >= 0.6 is 15.9 Å². The zero-order valence-electron chi connectivity index (χ0n) is 9.23. The van der Waals surface area contributed by atoms with Gasteiger partial charge in [-0.3, -0.25) is 0 Å². The third-order valence-corrected chi connectivity index (χ3v) is 2.60. The number of oxazole rings is 1. The summed E-state index contributed by atoms with van der Waals surface area (Å²) in [6.45, 7) is 3.71. The molecule has 0 amide bonds. The topological polar surface area (TPSA) is 76.5 Å². The van der Waals surface area contributed by atoms with E-state index in [0.29, 0.717) is 16.1 Å². The van der Waals surface area contributed by atoms with E-state index < -0.39 is 5.97 Å². The molecule has 2 heterocycles. The molecule has 5 nitrogen and oxygen atoms in total. The van der Waals surface area contributed by atoms with Gasteiger partial charge in [0.05, 0.1) is 5.69 Å². The molecule has 0 fully saturated rings. The molecule has 1 N–H and O–H groups in total. The Morgan fingerprint density at radius 3 is 2.53 bits per heavy atom. The standard InChI is InChI=1S/C11H10BrNO4/c1-5(2)8-9(11(14)15)17-10(13-8)6-3-4-7(12)16-6/h3-5H,1-2H3,(H,14,15). The van der Waals surface area contributed by atoms with Crippen LogP contribution in [0.3, 0.4) is 0 Å². The molecule has 2 aromatic heterocycles. The predicted octanol–water partition coefficient (Wildman–Crippen LogP) is 3.52. The number of hydrogen-bond acceptors (Lipinski definition) is 4. The second kappa shape index (κ2) is 4.37. The van der Waals surface area contributed by atoms with Gasteiger partial charge < -0.3 is 13.9 Å². The predicted molar refractivity (Wildman–Crippen MR) is 63.0 cm³/mol. The Morgan fingerprint density at radius 2 is 2.12 bits per heavy atom. The molecule has 6 heteroatoms. The minimum Gasteiger partial charge on any atom is -0.475 e. The van der Waals surface area contributed by atoms with Crippen molar-refractivity contribution in [2.75, 3.05) is 0 Å². The van der Waals surface area contributed by atoms with Crippen LogP contribution in [0.1, 0.15) is 36.0 Å². The first-order valence-electron chi connectivity index (χ1n) is 4.98. The minimum atomic E-state index is -1.13. The lowest BCUT2D eigenvalue weighted by atomic mass is 10.1. The largest absolute Gasteiger partial charge is 0.475 e. The minimum absolute atomic E-state index is 0.0306. The van der Waals surface area contributed by atoms with Crippen molar-refractivity contribution in [2.45, 2.75) is 19.8 Å². The van der Waals surface area contributed by atoms with Crippen molar-refractivity contribution in [3.05, 3.63) is 28.3 Å². The normalized spacial score (nSPS) is 11.1. The van der Waals surface area contributed by atoms with Gasteiger partial charge in [-0.25, -0.2) is 9.78 Å². The molecule has 0 aliphatic carbocycles. The summed E-state index contributed by atoms with van der Waals surface area (Å²) in [5.74, 6) is -0.722. The zero-order chi connectivity index (χ0) is 12.6. The number of aromatic nitrogens is 1. The Labute approximate surface area is 106 Å². The summed E-state index contributed by atoms with van der Waals surface area (Å²) in [5.41, 5.74) is 0.417. The Morgan fingerprint density at radius 1 is 1.41 bits per heavy atom. The quantitative estimate of drug-likeness (QED) is 0.938. The van der Waals surface area contributed by atoms with Crippen LogP contribution in [-0.2, 0) is 0 Å². The Bertz CT molecular complexity index is 556. The van der Waals surface area contributed by atoms with Gasteiger partial charge in [0, 0.05) is 0 Å². The SMILES string of the molecule is CC(C)c1nc(-c2ccc(Br)o2)oc1C(=O)O. The zero-order valence-corrected chi connectivity index (χ0v) is 10.8. The fourth-order valence-corrected chi connectivity index (χ4v) is 1.72. The fourth-order valence-electron chi connectivity index (χ4n) is 1.41. The van der Waals surface area contributed by atoms with Crippen LogP contribution < -0.4 is 0 Å². The van der Waals surface area contributed by atoms with Crippen molar-refractivity contribution in [2.24, 2.45) is 0 Å². The van der Waals surface area contributed by atoms with E-state index in [2.05, 4.69) is 20.9 Å². The van der Waals surface area contributed by atoms with Gasteiger partial charge in [0.1, 0.15) is 0 Å². The van der Waals surface area contributed by atoms with Crippen LogP contribution in [0.2, 0.25) is 0 Å². The number of carboxylic acids is 1.